The van der Waals surface area contributed by atoms with Crippen LogP contribution in [0.15, 0.2) is 53.3 Å². The highest BCUT2D eigenvalue weighted by Crippen LogP contribution is 2.18. The molecule has 0 atom stereocenters. The third-order valence-electron chi connectivity index (χ3n) is 4.77. The number of rotatable bonds is 3. The summed E-state index contributed by atoms with van der Waals surface area (Å²) in [6.45, 7) is 1.99. The van der Waals surface area contributed by atoms with Crippen molar-refractivity contribution >= 4 is 22.9 Å². The summed E-state index contributed by atoms with van der Waals surface area (Å²) in [4.78, 5) is 32.9. The predicted molar refractivity (Wildman–Crippen MR) is 98.8 cm³/mol. The monoisotopic (exact) mass is 365 g/mol. The highest BCUT2D eigenvalue weighted by Gasteiger charge is 2.25. The van der Waals surface area contributed by atoms with Crippen molar-refractivity contribution < 1.29 is 18.7 Å². The minimum atomic E-state index is -0.0650. The number of benzene rings is 2. The number of hydrogen-bond acceptors (Lipinski definition) is 5. The van der Waals surface area contributed by atoms with E-state index in [2.05, 4.69) is 4.98 Å². The van der Waals surface area contributed by atoms with Gasteiger partial charge in [-0.05, 0) is 42.5 Å². The maximum absolute atomic E-state index is 12.7. The Balaban J connectivity index is 1.40. The van der Waals surface area contributed by atoms with Crippen LogP contribution in [0.4, 0.5) is 0 Å². The zero-order valence-corrected chi connectivity index (χ0v) is 14.9. The minimum absolute atomic E-state index is 0.0344. The van der Waals surface area contributed by atoms with E-state index in [1.54, 1.807) is 59.4 Å². The van der Waals surface area contributed by atoms with Crippen molar-refractivity contribution in [3.8, 4) is 5.75 Å². The largest absolute Gasteiger partial charge is 0.497 e. The Morgan fingerprint density at radius 2 is 1.52 bits per heavy atom. The van der Waals surface area contributed by atoms with Crippen LogP contribution < -0.4 is 4.74 Å². The van der Waals surface area contributed by atoms with E-state index in [4.69, 9.17) is 9.15 Å². The Labute approximate surface area is 156 Å². The molecule has 1 aliphatic rings. The highest BCUT2D eigenvalue weighted by molar-refractivity contribution is 5.97. The number of fused-ring (bicyclic) bond motifs is 1. The molecule has 2 aromatic carbocycles. The highest BCUT2D eigenvalue weighted by atomic mass is 16.5. The Kier molecular flexibility index (Phi) is 4.50. The number of ether oxygens (including phenoxy) is 1. The summed E-state index contributed by atoms with van der Waals surface area (Å²) in [5, 5.41) is 0. The van der Waals surface area contributed by atoms with E-state index < -0.39 is 0 Å². The molecule has 0 spiro atoms. The van der Waals surface area contributed by atoms with Gasteiger partial charge in [0.05, 0.1) is 7.11 Å². The second-order valence-corrected chi connectivity index (χ2v) is 6.35. The van der Waals surface area contributed by atoms with Crippen molar-refractivity contribution in [3.63, 3.8) is 0 Å². The molecule has 0 unspecified atom stereocenters. The van der Waals surface area contributed by atoms with Crippen LogP contribution in [0.1, 0.15) is 20.7 Å². The zero-order valence-electron chi connectivity index (χ0n) is 14.9. The summed E-state index contributed by atoms with van der Waals surface area (Å²) in [5.41, 5.74) is 2.50. The molecular weight excluding hydrogens is 346 g/mol. The molecule has 27 heavy (non-hydrogen) atoms. The van der Waals surface area contributed by atoms with Crippen molar-refractivity contribution in [1.82, 2.24) is 14.8 Å². The van der Waals surface area contributed by atoms with Gasteiger partial charge in [0, 0.05) is 37.3 Å². The van der Waals surface area contributed by atoms with E-state index in [1.807, 2.05) is 0 Å². The lowest BCUT2D eigenvalue weighted by Gasteiger charge is -2.34. The molecule has 1 aliphatic heterocycles. The molecule has 0 aliphatic carbocycles. The topological polar surface area (TPSA) is 75.9 Å². The third-order valence-corrected chi connectivity index (χ3v) is 4.77. The molecule has 2 amide bonds. The molecule has 4 rings (SSSR count). The van der Waals surface area contributed by atoms with Crippen LogP contribution in [0.2, 0.25) is 0 Å². The molecule has 0 bridgehead atoms. The summed E-state index contributed by atoms with van der Waals surface area (Å²) < 4.78 is 10.4. The molecule has 3 aromatic rings. The van der Waals surface area contributed by atoms with Crippen LogP contribution in [-0.2, 0) is 0 Å². The van der Waals surface area contributed by atoms with Gasteiger partial charge < -0.3 is 19.0 Å². The number of piperazine rings is 1. The summed E-state index contributed by atoms with van der Waals surface area (Å²) in [6.07, 6.45) is 1.36. The van der Waals surface area contributed by atoms with Crippen LogP contribution in [-0.4, -0.2) is 59.9 Å². The fourth-order valence-corrected chi connectivity index (χ4v) is 3.20. The number of oxazole rings is 1. The molecule has 2 heterocycles. The van der Waals surface area contributed by atoms with Gasteiger partial charge in [0.15, 0.2) is 12.0 Å². The van der Waals surface area contributed by atoms with Gasteiger partial charge in [-0.1, -0.05) is 0 Å². The standard InChI is InChI=1S/C20H19N3O4/c1-26-16-5-2-14(3-6-16)19(24)22-8-10-23(11-9-22)20(25)15-4-7-17-18(12-15)27-13-21-17/h2-7,12-13H,8-11H2,1H3. The number of carbonyl (C=O) groups excluding carboxylic acids is 2. The first-order valence-corrected chi connectivity index (χ1v) is 8.71. The second kappa shape index (κ2) is 7.11. The van der Waals surface area contributed by atoms with Crippen molar-refractivity contribution in [2.24, 2.45) is 0 Å². The lowest BCUT2D eigenvalue weighted by atomic mass is 10.1. The van der Waals surface area contributed by atoms with Crippen molar-refractivity contribution in [2.75, 3.05) is 33.3 Å². The van der Waals surface area contributed by atoms with Gasteiger partial charge in [-0.2, -0.15) is 0 Å². The van der Waals surface area contributed by atoms with Crippen molar-refractivity contribution in [1.29, 1.82) is 0 Å². The number of hydrogen-bond donors (Lipinski definition) is 0. The number of nitrogens with zero attached hydrogens (tertiary/aromatic N) is 3. The number of amides is 2. The van der Waals surface area contributed by atoms with Gasteiger partial charge in [-0.3, -0.25) is 9.59 Å². The van der Waals surface area contributed by atoms with Crippen LogP contribution in [0.25, 0.3) is 11.1 Å². The van der Waals surface area contributed by atoms with Gasteiger partial charge in [0.2, 0.25) is 0 Å². The summed E-state index contributed by atoms with van der Waals surface area (Å²) in [5.74, 6) is 0.614. The smallest absolute Gasteiger partial charge is 0.254 e. The minimum Gasteiger partial charge on any atom is -0.497 e. The summed E-state index contributed by atoms with van der Waals surface area (Å²) in [6, 6.07) is 12.3. The van der Waals surface area contributed by atoms with Crippen molar-refractivity contribution in [2.45, 2.75) is 0 Å². The molecular formula is C20H19N3O4. The lowest BCUT2D eigenvalue weighted by molar-refractivity contribution is 0.0535. The van der Waals surface area contributed by atoms with Gasteiger partial charge >= 0.3 is 0 Å². The lowest BCUT2D eigenvalue weighted by Crippen LogP contribution is -2.50. The molecule has 1 saturated heterocycles. The van der Waals surface area contributed by atoms with E-state index in [1.165, 1.54) is 6.39 Å². The predicted octanol–water partition coefficient (Wildman–Crippen LogP) is 2.43. The molecule has 0 radical (unpaired) electrons. The van der Waals surface area contributed by atoms with E-state index >= 15 is 0 Å². The Hall–Kier alpha value is -3.35. The van der Waals surface area contributed by atoms with E-state index in [-0.39, 0.29) is 11.8 Å². The first-order valence-electron chi connectivity index (χ1n) is 8.71. The quantitative estimate of drug-likeness (QED) is 0.713. The van der Waals surface area contributed by atoms with E-state index in [0.29, 0.717) is 48.6 Å². The summed E-state index contributed by atoms with van der Waals surface area (Å²) >= 11 is 0. The molecule has 7 nitrogen and oxygen atoms in total. The number of aromatic nitrogens is 1. The first-order chi connectivity index (χ1) is 13.2. The molecule has 1 fully saturated rings. The third kappa shape index (κ3) is 3.36. The summed E-state index contributed by atoms with van der Waals surface area (Å²) in [7, 11) is 1.59. The Bertz CT molecular complexity index is 972. The maximum atomic E-state index is 12.7. The second-order valence-electron chi connectivity index (χ2n) is 6.35. The van der Waals surface area contributed by atoms with Gasteiger partial charge in [0.1, 0.15) is 11.3 Å². The van der Waals surface area contributed by atoms with Gasteiger partial charge in [0.25, 0.3) is 11.8 Å². The van der Waals surface area contributed by atoms with Crippen LogP contribution >= 0.6 is 0 Å². The Morgan fingerprint density at radius 3 is 2.15 bits per heavy atom. The molecule has 1 aromatic heterocycles. The van der Waals surface area contributed by atoms with Crippen LogP contribution in [0.3, 0.4) is 0 Å². The molecule has 0 saturated carbocycles. The van der Waals surface area contributed by atoms with E-state index in [0.717, 1.165) is 5.52 Å². The fraction of sp³-hybridized carbons (Fsp3) is 0.250. The van der Waals surface area contributed by atoms with Crippen molar-refractivity contribution in [3.05, 3.63) is 60.0 Å². The normalized spacial score (nSPS) is 14.4. The number of methoxy groups -OCH3 is 1. The molecule has 7 heteroatoms. The van der Waals surface area contributed by atoms with Crippen LogP contribution in [0.5, 0.6) is 5.75 Å². The average Bonchev–Trinajstić information content (AvgIpc) is 3.21. The van der Waals surface area contributed by atoms with Gasteiger partial charge in [-0.25, -0.2) is 4.98 Å². The molecule has 138 valence electrons. The zero-order chi connectivity index (χ0) is 18.8. The average molecular weight is 365 g/mol. The Morgan fingerprint density at radius 1 is 0.926 bits per heavy atom. The molecule has 0 N–H and O–H groups in total. The maximum Gasteiger partial charge on any atom is 0.254 e. The van der Waals surface area contributed by atoms with Gasteiger partial charge in [-0.15, -0.1) is 0 Å². The van der Waals surface area contributed by atoms with Crippen LogP contribution in [0, 0.1) is 0 Å². The fourth-order valence-electron chi connectivity index (χ4n) is 3.20. The SMILES string of the molecule is COc1ccc(C(=O)N2CCN(C(=O)c3ccc4ncoc4c3)CC2)cc1. The van der Waals surface area contributed by atoms with E-state index in [9.17, 15) is 9.59 Å². The first kappa shape index (κ1) is 17.1. The number of carbonyl (C=O) groups is 2.